The van der Waals surface area contributed by atoms with Crippen molar-refractivity contribution >= 4 is 11.8 Å². The first-order valence-corrected chi connectivity index (χ1v) is 30.0. The van der Waals surface area contributed by atoms with Gasteiger partial charge in [-0.25, -0.2) is 0 Å². The SMILES string of the molecule is CC(=O)N[C@H]1[C@H](O[C@H]2[C@H](O)[C@@H](NC(C)=O)C(O)O[C@@H]2CO[C@@H]2O[C@@H](C)[C@@H](O)[C@H](O)[C@@H]2O)O[C@H](CO)[C@@H](O[C@@H]2O[C@H](CO[C@H]3O[C@H](CO[C@H]4O[C@H](CO)[C@@H](O)[C@H](O)[C@@H]4O)[C@@H](O)[C@H](O[C@H]4O[C@H](CO)[C@@H](O)[C@H](O)[C@@H]4O)[C@@H]3O)[C@@H](O)[C@H](O[C@H]3O[C@H](CO)[C@@H](O)[C@H](O)[C@@H]3O)[C@@H]2O)[C@@H]1O. The second-order valence-corrected chi connectivity index (χ2v) is 23.9. The number of rotatable bonds is 23. The van der Waals surface area contributed by atoms with Crippen LogP contribution in [0, 0.1) is 0 Å². The molecule has 8 aliphatic heterocycles. The lowest BCUT2D eigenvalue weighted by molar-refractivity contribution is -0.388. The first-order valence-electron chi connectivity index (χ1n) is 30.0. The second-order valence-electron chi connectivity index (χ2n) is 23.9. The van der Waals surface area contributed by atoms with E-state index in [1.807, 2.05) is 0 Å². The fourth-order valence-electron chi connectivity index (χ4n) is 11.9. The molecule has 25 N–H and O–H groups in total. The highest BCUT2D eigenvalue weighted by Crippen LogP contribution is 2.38. The van der Waals surface area contributed by atoms with Crippen LogP contribution < -0.4 is 10.6 Å². The molecule has 0 aromatic heterocycles. The molecule has 42 heteroatoms. The summed E-state index contributed by atoms with van der Waals surface area (Å²) in [7, 11) is 0. The topological polar surface area (TPSA) is 662 Å². The number of carbonyl (C=O) groups is 2. The summed E-state index contributed by atoms with van der Waals surface area (Å²) in [5.74, 6) is -1.71. The Bertz CT molecular complexity index is 2360. The van der Waals surface area contributed by atoms with Crippen LogP contribution in [0.15, 0.2) is 0 Å². The van der Waals surface area contributed by atoms with Gasteiger partial charge in [-0.05, 0) is 6.92 Å². The average Bonchev–Trinajstić information content (AvgIpc) is 0.778. The third-order valence-corrected chi connectivity index (χ3v) is 17.4. The van der Waals surface area contributed by atoms with Crippen molar-refractivity contribution in [2.75, 3.05) is 46.2 Å². The van der Waals surface area contributed by atoms with Gasteiger partial charge >= 0.3 is 0 Å². The van der Waals surface area contributed by atoms with E-state index in [4.69, 9.17) is 71.1 Å². The summed E-state index contributed by atoms with van der Waals surface area (Å²) in [5.41, 5.74) is 0. The van der Waals surface area contributed by atoms with Crippen LogP contribution in [0.4, 0.5) is 0 Å². The highest BCUT2D eigenvalue weighted by atomic mass is 16.8. The van der Waals surface area contributed by atoms with E-state index in [9.17, 15) is 127 Å². The summed E-state index contributed by atoms with van der Waals surface area (Å²) in [6.07, 6.45) is -74.7. The first kappa shape index (κ1) is 77.2. The fraction of sp³-hybridized carbons (Fsp3) is 0.962. The Morgan fingerprint density at radius 2 is 0.606 bits per heavy atom. The summed E-state index contributed by atoms with van der Waals surface area (Å²) >= 11 is 0. The Morgan fingerprint density at radius 3 is 1.06 bits per heavy atom. The van der Waals surface area contributed by atoms with E-state index in [1.165, 1.54) is 6.92 Å². The van der Waals surface area contributed by atoms with Crippen molar-refractivity contribution in [1.82, 2.24) is 10.6 Å². The van der Waals surface area contributed by atoms with E-state index in [0.29, 0.717) is 0 Å². The minimum absolute atomic E-state index is 0.789. The quantitative estimate of drug-likeness (QED) is 0.0452. The normalized spacial score (nSPS) is 51.2. The van der Waals surface area contributed by atoms with E-state index < -0.39 is 304 Å². The molecule has 8 fully saturated rings. The van der Waals surface area contributed by atoms with Gasteiger partial charge in [0, 0.05) is 13.8 Å². The molecule has 8 saturated heterocycles. The van der Waals surface area contributed by atoms with Crippen LogP contribution in [0.5, 0.6) is 0 Å². The number of hydrogen-bond acceptors (Lipinski definition) is 40. The zero-order valence-corrected chi connectivity index (χ0v) is 50.3. The number of ether oxygens (including phenoxy) is 15. The van der Waals surface area contributed by atoms with Crippen LogP contribution in [0.25, 0.3) is 0 Å². The van der Waals surface area contributed by atoms with Crippen LogP contribution >= 0.6 is 0 Å². The zero-order chi connectivity index (χ0) is 69.2. The van der Waals surface area contributed by atoms with Crippen molar-refractivity contribution in [3.8, 4) is 0 Å². The lowest BCUT2D eigenvalue weighted by atomic mass is 9.93. The van der Waals surface area contributed by atoms with Gasteiger partial charge in [-0.15, -0.1) is 0 Å². The van der Waals surface area contributed by atoms with E-state index in [1.54, 1.807) is 0 Å². The number of aliphatic hydroxyl groups excluding tert-OH is 23. The minimum Gasteiger partial charge on any atom is -0.394 e. The van der Waals surface area contributed by atoms with Crippen molar-refractivity contribution in [3.05, 3.63) is 0 Å². The Morgan fingerprint density at radius 1 is 0.298 bits per heavy atom. The predicted molar refractivity (Wildman–Crippen MR) is 286 cm³/mol. The third-order valence-electron chi connectivity index (χ3n) is 17.4. The molecule has 0 aromatic rings. The molecule has 0 saturated carbocycles. The van der Waals surface area contributed by atoms with Crippen molar-refractivity contribution < 1.29 is 198 Å². The third kappa shape index (κ3) is 16.7. The van der Waals surface area contributed by atoms with Crippen molar-refractivity contribution in [2.24, 2.45) is 0 Å². The minimum atomic E-state index is -2.39. The van der Waals surface area contributed by atoms with Gasteiger partial charge in [0.2, 0.25) is 11.8 Å². The van der Waals surface area contributed by atoms with Crippen molar-refractivity contribution in [1.29, 1.82) is 0 Å². The monoisotopic (exact) mass is 1380 g/mol. The molecule has 42 nitrogen and oxygen atoms in total. The number of carbonyl (C=O) groups excluding carboxylic acids is 2. The molecule has 94 heavy (non-hydrogen) atoms. The first-order chi connectivity index (χ1) is 44.4. The van der Waals surface area contributed by atoms with E-state index in [0.717, 1.165) is 13.8 Å². The highest BCUT2D eigenvalue weighted by Gasteiger charge is 2.59. The van der Waals surface area contributed by atoms with Gasteiger partial charge in [0.05, 0.1) is 52.4 Å². The number of aliphatic hydroxyl groups is 23. The van der Waals surface area contributed by atoms with Gasteiger partial charge in [-0.2, -0.15) is 0 Å². The highest BCUT2D eigenvalue weighted by molar-refractivity contribution is 5.73. The fourth-order valence-corrected chi connectivity index (χ4v) is 11.9. The lowest BCUT2D eigenvalue weighted by Crippen LogP contribution is -2.70. The van der Waals surface area contributed by atoms with Gasteiger partial charge < -0.3 is 199 Å². The molecule has 0 aromatic carbocycles. The van der Waals surface area contributed by atoms with Crippen molar-refractivity contribution in [2.45, 2.75) is 266 Å². The molecule has 0 aliphatic carbocycles. The smallest absolute Gasteiger partial charge is 0.217 e. The molecule has 8 heterocycles. The number of amides is 2. The maximum atomic E-state index is 12.9. The number of nitrogens with one attached hydrogen (secondary N) is 2. The molecule has 0 spiro atoms. The molecule has 0 radical (unpaired) electrons. The molecule has 40 atom stereocenters. The standard InChI is InChI=1S/C52H88N2O40/c1-11-23(61)31(69)35(73)47(83-11)82-10-20-42(29(67)21(45(79)84-20)53-12(2)59)91-46-22(54-13(3)60)30(68)41(17(7-58)88-46)92-52-40(78)44(94-51-38(76)34(72)26(64)16(6-57)87-51)28(66)19(90-52)9-81-49-39(77)43(93-50-37(75)33(71)25(63)15(5-56)86-50)27(65)18(89-49)8-80-48-36(74)32(70)24(62)14(4-55)85-48/h11,14-52,55-58,61-79H,4-10H2,1-3H3,(H,53,59)(H,54,60)/t11-,14+,15+,16+,17+,18+,19+,20+,21+,22+,23+,24+,25+,26+,27+,28+,29+,30+,31-,32-,33-,34-,35-,36-,37-,38-,39-,40-,41+,42+,43-,44-,45?,46-,47+,48-,49-,50+,51+,52-/m0/s1. The van der Waals surface area contributed by atoms with Gasteiger partial charge in [0.15, 0.2) is 50.3 Å². The van der Waals surface area contributed by atoms with Gasteiger partial charge in [0.25, 0.3) is 0 Å². The maximum absolute atomic E-state index is 12.9. The summed E-state index contributed by atoms with van der Waals surface area (Å²) < 4.78 is 86.4. The van der Waals surface area contributed by atoms with E-state index >= 15 is 0 Å². The summed E-state index contributed by atoms with van der Waals surface area (Å²) in [4.78, 5) is 25.2. The molecule has 1 unspecified atom stereocenters. The molecule has 0 bridgehead atoms. The van der Waals surface area contributed by atoms with Gasteiger partial charge in [-0.3, -0.25) is 9.59 Å². The predicted octanol–water partition coefficient (Wildman–Crippen LogP) is -17.1. The molecular weight excluding hydrogens is 1290 g/mol. The summed E-state index contributed by atoms with van der Waals surface area (Å²) in [6.45, 7) is -3.53. The van der Waals surface area contributed by atoms with Gasteiger partial charge in [-0.1, -0.05) is 0 Å². The maximum Gasteiger partial charge on any atom is 0.217 e. The Hall–Kier alpha value is -2.58. The Labute approximate surface area is 532 Å². The van der Waals surface area contributed by atoms with E-state index in [-0.39, 0.29) is 0 Å². The van der Waals surface area contributed by atoms with Crippen LogP contribution in [-0.4, -0.2) is 421 Å². The molecular formula is C52H88N2O40. The van der Waals surface area contributed by atoms with E-state index in [2.05, 4.69) is 10.6 Å². The molecule has 8 rings (SSSR count). The Kier molecular flexibility index (Phi) is 27.3. The summed E-state index contributed by atoms with van der Waals surface area (Å²) in [5, 5.41) is 255. The second kappa shape index (κ2) is 33.3. The van der Waals surface area contributed by atoms with Crippen LogP contribution in [0.2, 0.25) is 0 Å². The zero-order valence-electron chi connectivity index (χ0n) is 50.3. The lowest BCUT2D eigenvalue weighted by Gasteiger charge is -2.50. The average molecular weight is 1380 g/mol. The van der Waals surface area contributed by atoms with Crippen molar-refractivity contribution in [3.63, 3.8) is 0 Å². The molecule has 2 amide bonds. The summed E-state index contributed by atoms with van der Waals surface area (Å²) in [6, 6.07) is -3.58. The van der Waals surface area contributed by atoms with Crippen LogP contribution in [0.1, 0.15) is 20.8 Å². The van der Waals surface area contributed by atoms with Crippen LogP contribution in [0.3, 0.4) is 0 Å². The molecule has 546 valence electrons. The van der Waals surface area contributed by atoms with Gasteiger partial charge in [0.1, 0.15) is 189 Å². The van der Waals surface area contributed by atoms with Crippen LogP contribution in [-0.2, 0) is 80.6 Å². The Balaban J connectivity index is 1.07. The molecule has 8 aliphatic rings. The largest absolute Gasteiger partial charge is 0.394 e. The number of hydrogen-bond donors (Lipinski definition) is 25.